The lowest BCUT2D eigenvalue weighted by Gasteiger charge is -2.12. The number of aromatic carboxylic acids is 1. The van der Waals surface area contributed by atoms with Crippen molar-refractivity contribution in [2.24, 2.45) is 0 Å². The molecule has 108 valence electrons. The van der Waals surface area contributed by atoms with Crippen molar-refractivity contribution in [3.63, 3.8) is 0 Å². The van der Waals surface area contributed by atoms with Crippen molar-refractivity contribution in [3.8, 4) is 0 Å². The summed E-state index contributed by atoms with van der Waals surface area (Å²) < 4.78 is 5.17. The first-order valence-corrected chi connectivity index (χ1v) is 6.60. The lowest BCUT2D eigenvalue weighted by atomic mass is 10.0. The van der Waals surface area contributed by atoms with Crippen molar-refractivity contribution in [2.75, 3.05) is 19.8 Å². The molecule has 1 aromatic rings. The van der Waals surface area contributed by atoms with Gasteiger partial charge in [-0.2, -0.15) is 0 Å². The fraction of sp³-hybridized carbons (Fsp3) is 0.429. The van der Waals surface area contributed by atoms with Crippen molar-refractivity contribution in [1.82, 2.24) is 10.6 Å². The van der Waals surface area contributed by atoms with Gasteiger partial charge >= 0.3 is 12.0 Å². The predicted octanol–water partition coefficient (Wildman–Crippen LogP) is 1.02. The summed E-state index contributed by atoms with van der Waals surface area (Å²) in [5, 5.41) is 14.6. The van der Waals surface area contributed by atoms with Crippen LogP contribution in [-0.4, -0.2) is 42.9 Å². The van der Waals surface area contributed by atoms with Crippen LogP contribution in [0.5, 0.6) is 0 Å². The minimum absolute atomic E-state index is 0.0707. The van der Waals surface area contributed by atoms with E-state index in [0.717, 1.165) is 6.42 Å². The number of carbonyl (C=O) groups is 2. The van der Waals surface area contributed by atoms with E-state index >= 15 is 0 Å². The topological polar surface area (TPSA) is 87.7 Å². The van der Waals surface area contributed by atoms with Crippen LogP contribution in [0.25, 0.3) is 0 Å². The molecule has 1 unspecified atom stereocenters. The summed E-state index contributed by atoms with van der Waals surface area (Å²) in [5.74, 6) is -0.951. The third kappa shape index (κ3) is 3.96. The second kappa shape index (κ2) is 6.91. The average molecular weight is 278 g/mol. The summed E-state index contributed by atoms with van der Waals surface area (Å²) >= 11 is 0. The summed E-state index contributed by atoms with van der Waals surface area (Å²) in [7, 11) is 0. The Hall–Kier alpha value is -2.08. The van der Waals surface area contributed by atoms with Gasteiger partial charge in [0.2, 0.25) is 0 Å². The molecule has 20 heavy (non-hydrogen) atoms. The molecule has 1 aliphatic rings. The zero-order valence-corrected chi connectivity index (χ0v) is 11.1. The van der Waals surface area contributed by atoms with Gasteiger partial charge in [0.25, 0.3) is 0 Å². The van der Waals surface area contributed by atoms with Crippen molar-refractivity contribution >= 4 is 12.0 Å². The van der Waals surface area contributed by atoms with Crippen LogP contribution in [-0.2, 0) is 11.2 Å². The second-order valence-corrected chi connectivity index (χ2v) is 4.67. The van der Waals surface area contributed by atoms with Gasteiger partial charge in [0.1, 0.15) is 0 Å². The van der Waals surface area contributed by atoms with Gasteiger partial charge in [0, 0.05) is 13.2 Å². The molecule has 3 N–H and O–H groups in total. The number of carbonyl (C=O) groups excluding carboxylic acids is 1. The van der Waals surface area contributed by atoms with Gasteiger partial charge in [0.05, 0.1) is 18.2 Å². The molecule has 0 spiro atoms. The van der Waals surface area contributed by atoms with Gasteiger partial charge in [-0.15, -0.1) is 0 Å². The third-order valence-electron chi connectivity index (χ3n) is 3.19. The maximum absolute atomic E-state index is 11.6. The van der Waals surface area contributed by atoms with Gasteiger partial charge in [-0.3, -0.25) is 0 Å². The molecular formula is C14H18N2O4. The summed E-state index contributed by atoms with van der Waals surface area (Å²) in [6, 6.07) is 6.63. The zero-order valence-electron chi connectivity index (χ0n) is 11.1. The molecule has 1 fully saturated rings. The van der Waals surface area contributed by atoms with E-state index in [4.69, 9.17) is 9.84 Å². The van der Waals surface area contributed by atoms with E-state index < -0.39 is 5.97 Å². The SMILES string of the molecule is O=C(NCCc1ccccc1C(=O)O)NC1CCOC1. The Morgan fingerprint density at radius 1 is 1.35 bits per heavy atom. The Morgan fingerprint density at radius 3 is 2.85 bits per heavy atom. The van der Waals surface area contributed by atoms with Gasteiger partial charge in [0.15, 0.2) is 0 Å². The minimum Gasteiger partial charge on any atom is -0.478 e. The number of hydrogen-bond donors (Lipinski definition) is 3. The number of urea groups is 1. The van der Waals surface area contributed by atoms with E-state index in [0.29, 0.717) is 31.7 Å². The molecule has 0 aliphatic carbocycles. The highest BCUT2D eigenvalue weighted by Gasteiger charge is 2.17. The van der Waals surface area contributed by atoms with Crippen molar-refractivity contribution in [3.05, 3.63) is 35.4 Å². The van der Waals surface area contributed by atoms with E-state index in [1.807, 2.05) is 0 Å². The fourth-order valence-corrected chi connectivity index (χ4v) is 2.14. The average Bonchev–Trinajstić information content (AvgIpc) is 2.92. The Balaban J connectivity index is 1.78. The maximum atomic E-state index is 11.6. The first kappa shape index (κ1) is 14.3. The molecule has 6 nitrogen and oxygen atoms in total. The van der Waals surface area contributed by atoms with Crippen LogP contribution < -0.4 is 10.6 Å². The van der Waals surface area contributed by atoms with Crippen LogP contribution in [0.4, 0.5) is 4.79 Å². The quantitative estimate of drug-likeness (QED) is 0.750. The fourth-order valence-electron chi connectivity index (χ4n) is 2.14. The van der Waals surface area contributed by atoms with Crippen molar-refractivity contribution < 1.29 is 19.4 Å². The third-order valence-corrected chi connectivity index (χ3v) is 3.19. The highest BCUT2D eigenvalue weighted by molar-refractivity contribution is 5.89. The van der Waals surface area contributed by atoms with Crippen LogP contribution in [0, 0.1) is 0 Å². The molecule has 1 aliphatic heterocycles. The highest BCUT2D eigenvalue weighted by Crippen LogP contribution is 2.09. The lowest BCUT2D eigenvalue weighted by Crippen LogP contribution is -2.43. The summed E-state index contributed by atoms with van der Waals surface area (Å²) in [4.78, 5) is 22.6. The number of carboxylic acids is 1. The highest BCUT2D eigenvalue weighted by atomic mass is 16.5. The lowest BCUT2D eigenvalue weighted by molar-refractivity contribution is 0.0695. The number of hydrogen-bond acceptors (Lipinski definition) is 3. The van der Waals surface area contributed by atoms with E-state index in [-0.39, 0.29) is 17.6 Å². The number of carboxylic acid groups (broad SMARTS) is 1. The van der Waals surface area contributed by atoms with E-state index in [9.17, 15) is 9.59 Å². The summed E-state index contributed by atoms with van der Waals surface area (Å²) in [6.07, 6.45) is 1.31. The molecule has 2 rings (SSSR count). The first-order valence-electron chi connectivity index (χ1n) is 6.60. The molecule has 1 heterocycles. The zero-order chi connectivity index (χ0) is 14.4. The molecule has 2 amide bonds. The Morgan fingerprint density at radius 2 is 2.15 bits per heavy atom. The number of amides is 2. The van der Waals surface area contributed by atoms with E-state index in [1.165, 1.54) is 0 Å². The smallest absolute Gasteiger partial charge is 0.335 e. The maximum Gasteiger partial charge on any atom is 0.335 e. The molecule has 0 saturated carbocycles. The van der Waals surface area contributed by atoms with Crippen molar-refractivity contribution in [2.45, 2.75) is 18.9 Å². The van der Waals surface area contributed by atoms with Crippen LogP contribution in [0.3, 0.4) is 0 Å². The molecule has 0 aromatic heterocycles. The standard InChI is InChI=1S/C14H18N2O4/c17-13(18)12-4-2-1-3-10(12)5-7-15-14(19)16-11-6-8-20-9-11/h1-4,11H,5-9H2,(H,17,18)(H2,15,16,19). The number of nitrogens with one attached hydrogen (secondary N) is 2. The van der Waals surface area contributed by atoms with E-state index in [2.05, 4.69) is 10.6 Å². The second-order valence-electron chi connectivity index (χ2n) is 4.67. The summed E-state index contributed by atoms with van der Waals surface area (Å²) in [5.41, 5.74) is 0.989. The molecule has 6 heteroatoms. The summed E-state index contributed by atoms with van der Waals surface area (Å²) in [6.45, 7) is 1.62. The van der Waals surface area contributed by atoms with Crippen molar-refractivity contribution in [1.29, 1.82) is 0 Å². The molecular weight excluding hydrogens is 260 g/mol. The van der Waals surface area contributed by atoms with Gasteiger partial charge in [-0.1, -0.05) is 18.2 Å². The molecule has 1 saturated heterocycles. The first-order chi connectivity index (χ1) is 9.66. The van der Waals surface area contributed by atoms with Crippen LogP contribution >= 0.6 is 0 Å². The monoisotopic (exact) mass is 278 g/mol. The number of ether oxygens (including phenoxy) is 1. The number of rotatable bonds is 5. The largest absolute Gasteiger partial charge is 0.478 e. The van der Waals surface area contributed by atoms with Gasteiger partial charge in [-0.05, 0) is 24.5 Å². The predicted molar refractivity (Wildman–Crippen MR) is 72.9 cm³/mol. The normalized spacial score (nSPS) is 17.7. The molecule has 1 aromatic carbocycles. The van der Waals surface area contributed by atoms with Crippen LogP contribution in [0.15, 0.2) is 24.3 Å². The molecule has 0 bridgehead atoms. The molecule has 0 radical (unpaired) electrons. The van der Waals surface area contributed by atoms with Crippen LogP contribution in [0.1, 0.15) is 22.3 Å². The molecule has 1 atom stereocenters. The minimum atomic E-state index is -0.951. The Labute approximate surface area is 117 Å². The van der Waals surface area contributed by atoms with Gasteiger partial charge < -0.3 is 20.5 Å². The Bertz CT molecular complexity index is 484. The number of benzene rings is 1. The van der Waals surface area contributed by atoms with E-state index in [1.54, 1.807) is 24.3 Å². The van der Waals surface area contributed by atoms with Crippen LogP contribution in [0.2, 0.25) is 0 Å². The van der Waals surface area contributed by atoms with Gasteiger partial charge in [-0.25, -0.2) is 9.59 Å². The Kier molecular flexibility index (Phi) is 4.95.